The molecule has 0 aliphatic carbocycles. The molecular formula is C26H28FNO4. The molecule has 1 N–H and O–H groups in total. The topological polar surface area (TPSA) is 68.7 Å². The molecule has 2 aromatic carbocycles. The van der Waals surface area contributed by atoms with Crippen LogP contribution >= 0.6 is 0 Å². The number of fused-ring (bicyclic) bond motifs is 2. The highest BCUT2D eigenvalue weighted by Gasteiger charge is 2.33. The minimum absolute atomic E-state index is 0.301. The fourth-order valence-electron chi connectivity index (χ4n) is 4.46. The molecule has 0 fully saturated rings. The number of carboxylic acids is 1. The number of hydrogen-bond donors (Lipinski definition) is 1. The van der Waals surface area contributed by atoms with Crippen molar-refractivity contribution < 1.29 is 23.8 Å². The van der Waals surface area contributed by atoms with Crippen molar-refractivity contribution in [2.45, 2.75) is 59.2 Å². The zero-order valence-corrected chi connectivity index (χ0v) is 19.1. The maximum absolute atomic E-state index is 15.2. The van der Waals surface area contributed by atoms with Gasteiger partial charge in [-0.3, -0.25) is 4.98 Å². The Balaban J connectivity index is 2.10. The highest BCUT2D eigenvalue weighted by atomic mass is 19.1. The summed E-state index contributed by atoms with van der Waals surface area (Å²) in [7, 11) is 0. The number of para-hydroxylation sites is 1. The molecule has 3 aromatic rings. The molecule has 1 atom stereocenters. The van der Waals surface area contributed by atoms with Gasteiger partial charge in [0.05, 0.1) is 17.7 Å². The molecule has 0 amide bonds. The Kier molecular flexibility index (Phi) is 5.67. The molecule has 168 valence electrons. The lowest BCUT2D eigenvalue weighted by Gasteiger charge is -2.29. The number of nitrogens with zero attached hydrogens (tertiary/aromatic N) is 1. The van der Waals surface area contributed by atoms with Crippen LogP contribution in [0.15, 0.2) is 30.3 Å². The summed E-state index contributed by atoms with van der Waals surface area (Å²) in [6.45, 7) is 9.65. The summed E-state index contributed by atoms with van der Waals surface area (Å²) in [6, 6.07) is 8.99. The summed E-state index contributed by atoms with van der Waals surface area (Å²) in [6.07, 6.45) is 0.270. The Morgan fingerprint density at radius 3 is 2.66 bits per heavy atom. The molecule has 0 spiro atoms. The SMILES string of the molecule is Cc1nc2ccccc2c(-c2cc(F)c3c(c2C)CCCO3)c1[C@H](OC(C)(C)C)C(=O)O. The van der Waals surface area contributed by atoms with E-state index in [1.54, 1.807) is 6.92 Å². The van der Waals surface area contributed by atoms with Crippen molar-refractivity contribution in [2.24, 2.45) is 0 Å². The van der Waals surface area contributed by atoms with Gasteiger partial charge in [-0.25, -0.2) is 9.18 Å². The molecule has 0 radical (unpaired) electrons. The van der Waals surface area contributed by atoms with E-state index in [0.717, 1.165) is 28.5 Å². The van der Waals surface area contributed by atoms with E-state index in [1.807, 2.05) is 52.0 Å². The van der Waals surface area contributed by atoms with Crippen LogP contribution in [0.2, 0.25) is 0 Å². The van der Waals surface area contributed by atoms with Gasteiger partial charge in [-0.15, -0.1) is 0 Å². The summed E-state index contributed by atoms with van der Waals surface area (Å²) in [5.74, 6) is -1.25. The van der Waals surface area contributed by atoms with E-state index in [-0.39, 0.29) is 0 Å². The van der Waals surface area contributed by atoms with Gasteiger partial charge in [0.2, 0.25) is 0 Å². The molecule has 5 nitrogen and oxygen atoms in total. The van der Waals surface area contributed by atoms with Crippen LogP contribution in [0, 0.1) is 19.7 Å². The third-order valence-electron chi connectivity index (χ3n) is 5.78. The van der Waals surface area contributed by atoms with Crippen LogP contribution < -0.4 is 4.74 Å². The second kappa shape index (κ2) is 8.17. The molecule has 0 bridgehead atoms. The molecule has 1 aromatic heterocycles. The van der Waals surface area contributed by atoms with Gasteiger partial charge in [-0.2, -0.15) is 0 Å². The van der Waals surface area contributed by atoms with Crippen LogP contribution in [0.4, 0.5) is 4.39 Å². The van der Waals surface area contributed by atoms with Crippen LogP contribution in [0.25, 0.3) is 22.0 Å². The van der Waals surface area contributed by atoms with Crippen molar-refractivity contribution >= 4 is 16.9 Å². The lowest BCUT2D eigenvalue weighted by Crippen LogP contribution is -2.28. The van der Waals surface area contributed by atoms with Gasteiger partial charge in [-0.05, 0) is 76.3 Å². The molecule has 0 saturated heterocycles. The molecule has 0 unspecified atom stereocenters. The first-order valence-corrected chi connectivity index (χ1v) is 10.8. The summed E-state index contributed by atoms with van der Waals surface area (Å²) >= 11 is 0. The number of hydrogen-bond acceptors (Lipinski definition) is 4. The van der Waals surface area contributed by atoms with Crippen molar-refractivity contribution in [3.05, 3.63) is 58.5 Å². The Bertz CT molecular complexity index is 1210. The summed E-state index contributed by atoms with van der Waals surface area (Å²) in [5, 5.41) is 10.9. The first-order valence-electron chi connectivity index (χ1n) is 10.8. The highest BCUT2D eigenvalue weighted by Crippen LogP contribution is 2.44. The number of pyridine rings is 1. The van der Waals surface area contributed by atoms with E-state index >= 15 is 4.39 Å². The van der Waals surface area contributed by atoms with Gasteiger partial charge < -0.3 is 14.6 Å². The van der Waals surface area contributed by atoms with Crippen molar-refractivity contribution in [1.82, 2.24) is 4.98 Å². The summed E-state index contributed by atoms with van der Waals surface area (Å²) in [4.78, 5) is 17.1. The smallest absolute Gasteiger partial charge is 0.337 e. The van der Waals surface area contributed by atoms with Crippen LogP contribution in [0.3, 0.4) is 0 Å². The summed E-state index contributed by atoms with van der Waals surface area (Å²) in [5.41, 5.74) is 4.02. The van der Waals surface area contributed by atoms with Crippen LogP contribution in [0.1, 0.15) is 55.7 Å². The van der Waals surface area contributed by atoms with Gasteiger partial charge in [-0.1, -0.05) is 18.2 Å². The Labute approximate surface area is 187 Å². The van der Waals surface area contributed by atoms with Crippen molar-refractivity contribution in [2.75, 3.05) is 6.61 Å². The van der Waals surface area contributed by atoms with Gasteiger partial charge in [0.25, 0.3) is 0 Å². The monoisotopic (exact) mass is 437 g/mol. The third kappa shape index (κ3) is 3.95. The number of aliphatic carboxylic acids is 1. The van der Waals surface area contributed by atoms with E-state index in [9.17, 15) is 9.90 Å². The highest BCUT2D eigenvalue weighted by molar-refractivity contribution is 5.99. The largest absolute Gasteiger partial charge is 0.490 e. The maximum Gasteiger partial charge on any atom is 0.337 e. The average Bonchev–Trinajstić information content (AvgIpc) is 2.73. The van der Waals surface area contributed by atoms with Gasteiger partial charge in [0.15, 0.2) is 17.7 Å². The lowest BCUT2D eigenvalue weighted by molar-refractivity contribution is -0.160. The number of carbonyl (C=O) groups is 1. The Morgan fingerprint density at radius 1 is 1.25 bits per heavy atom. The molecule has 1 aliphatic rings. The van der Waals surface area contributed by atoms with Crippen LogP contribution in [-0.2, 0) is 16.0 Å². The molecular weight excluding hydrogens is 409 g/mol. The predicted octanol–water partition coefficient (Wildman–Crippen LogP) is 5.92. The first kappa shape index (κ1) is 22.2. The van der Waals surface area contributed by atoms with Gasteiger partial charge in [0, 0.05) is 22.2 Å². The fourth-order valence-corrected chi connectivity index (χ4v) is 4.46. The second-order valence-electron chi connectivity index (χ2n) is 9.24. The molecule has 4 rings (SSSR count). The van der Waals surface area contributed by atoms with Crippen molar-refractivity contribution in [3.8, 4) is 16.9 Å². The van der Waals surface area contributed by atoms with Crippen LogP contribution in [0.5, 0.6) is 5.75 Å². The molecule has 0 saturated carbocycles. The zero-order chi connectivity index (χ0) is 23.2. The van der Waals surface area contributed by atoms with Crippen molar-refractivity contribution in [3.63, 3.8) is 0 Å². The number of benzene rings is 2. The van der Waals surface area contributed by atoms with E-state index in [4.69, 9.17) is 9.47 Å². The third-order valence-corrected chi connectivity index (χ3v) is 5.78. The number of ether oxygens (including phenoxy) is 2. The molecule has 1 aliphatic heterocycles. The van der Waals surface area contributed by atoms with Gasteiger partial charge in [0.1, 0.15) is 0 Å². The van der Waals surface area contributed by atoms with E-state index < -0.39 is 23.5 Å². The number of halogens is 1. The maximum atomic E-state index is 15.2. The first-order chi connectivity index (χ1) is 15.1. The predicted molar refractivity (Wildman–Crippen MR) is 122 cm³/mol. The van der Waals surface area contributed by atoms with Crippen molar-refractivity contribution in [1.29, 1.82) is 0 Å². The molecule has 2 heterocycles. The quantitative estimate of drug-likeness (QED) is 0.548. The molecule has 6 heteroatoms. The zero-order valence-electron chi connectivity index (χ0n) is 19.1. The average molecular weight is 438 g/mol. The summed E-state index contributed by atoms with van der Waals surface area (Å²) < 4.78 is 26.8. The van der Waals surface area contributed by atoms with Gasteiger partial charge >= 0.3 is 5.97 Å². The normalized spacial score (nSPS) is 14.7. The number of aromatic nitrogens is 1. The van der Waals surface area contributed by atoms with Crippen LogP contribution in [-0.4, -0.2) is 28.3 Å². The lowest BCUT2D eigenvalue weighted by atomic mass is 9.86. The van der Waals surface area contributed by atoms with E-state index in [1.165, 1.54) is 6.07 Å². The second-order valence-corrected chi connectivity index (χ2v) is 9.24. The minimum atomic E-state index is -1.25. The Hall–Kier alpha value is -2.99. The van der Waals surface area contributed by atoms with E-state index in [2.05, 4.69) is 4.98 Å². The number of carboxylic acid groups (broad SMARTS) is 1. The standard InChI is InChI=1S/C26H28FNO4/c1-14-16-10-8-12-31-23(16)19(27)13-18(14)22-17-9-6-7-11-20(17)28-15(2)21(22)24(25(29)30)32-26(3,4)5/h6-7,9,11,13,24H,8,10,12H2,1-5H3,(H,29,30)/t24-/m0/s1. The van der Waals surface area contributed by atoms with E-state index in [0.29, 0.717) is 41.2 Å². The minimum Gasteiger partial charge on any atom is -0.490 e. The molecule has 32 heavy (non-hydrogen) atoms. The fraction of sp³-hybridized carbons (Fsp3) is 0.385. The number of aryl methyl sites for hydroxylation is 1. The number of rotatable bonds is 4. The Morgan fingerprint density at radius 2 is 1.97 bits per heavy atom.